The van der Waals surface area contributed by atoms with Crippen molar-refractivity contribution in [3.05, 3.63) is 39.1 Å². The van der Waals surface area contributed by atoms with Crippen molar-refractivity contribution in [2.45, 2.75) is 6.92 Å². The summed E-state index contributed by atoms with van der Waals surface area (Å²) in [7, 11) is 0. The van der Waals surface area contributed by atoms with E-state index in [1.165, 1.54) is 28.0 Å². The van der Waals surface area contributed by atoms with Gasteiger partial charge in [-0.25, -0.2) is 0 Å². The van der Waals surface area contributed by atoms with Crippen LogP contribution in [0, 0.1) is 6.92 Å². The van der Waals surface area contributed by atoms with Crippen LogP contribution in [-0.2, 0) is 9.59 Å². The van der Waals surface area contributed by atoms with Gasteiger partial charge in [0.1, 0.15) is 16.6 Å². The first-order chi connectivity index (χ1) is 11.0. The standard InChI is InChI=1S/C14H11N3O3S3/c1-8-5-11(16-20-8)15-12(18)7-17-13(19)10(23-14(17)21)6-9-3-2-4-22-9/h2-6H,7H2,1H3,(H,15,16,18)/b10-6+. The third-order valence-electron chi connectivity index (χ3n) is 2.89. The predicted octanol–water partition coefficient (Wildman–Crippen LogP) is 2.88. The van der Waals surface area contributed by atoms with E-state index in [0.717, 1.165) is 4.88 Å². The van der Waals surface area contributed by atoms with Crippen LogP contribution in [0.3, 0.4) is 0 Å². The molecule has 118 valence electrons. The largest absolute Gasteiger partial charge is 0.360 e. The van der Waals surface area contributed by atoms with Crippen LogP contribution in [-0.4, -0.2) is 32.7 Å². The van der Waals surface area contributed by atoms with Gasteiger partial charge in [0.2, 0.25) is 5.91 Å². The molecule has 1 fully saturated rings. The van der Waals surface area contributed by atoms with Gasteiger partial charge in [0.25, 0.3) is 5.91 Å². The van der Waals surface area contributed by atoms with Gasteiger partial charge in [-0.3, -0.25) is 14.5 Å². The van der Waals surface area contributed by atoms with E-state index >= 15 is 0 Å². The Labute approximate surface area is 145 Å². The van der Waals surface area contributed by atoms with Crippen molar-refractivity contribution in [2.75, 3.05) is 11.9 Å². The lowest BCUT2D eigenvalue weighted by atomic mass is 10.3. The smallest absolute Gasteiger partial charge is 0.266 e. The van der Waals surface area contributed by atoms with Crippen LogP contribution in [0.15, 0.2) is 33.0 Å². The van der Waals surface area contributed by atoms with Gasteiger partial charge < -0.3 is 9.84 Å². The lowest BCUT2D eigenvalue weighted by Crippen LogP contribution is -2.36. The summed E-state index contributed by atoms with van der Waals surface area (Å²) in [6.07, 6.45) is 1.78. The number of aryl methyl sites for hydroxylation is 1. The highest BCUT2D eigenvalue weighted by Gasteiger charge is 2.33. The number of hydrogen-bond acceptors (Lipinski definition) is 7. The molecule has 3 heterocycles. The minimum Gasteiger partial charge on any atom is -0.360 e. The molecule has 0 radical (unpaired) electrons. The minimum atomic E-state index is -0.382. The highest BCUT2D eigenvalue weighted by atomic mass is 32.2. The topological polar surface area (TPSA) is 75.4 Å². The van der Waals surface area contributed by atoms with Crippen LogP contribution in [0.4, 0.5) is 5.82 Å². The Balaban J connectivity index is 1.67. The summed E-state index contributed by atoms with van der Waals surface area (Å²) in [4.78, 5) is 27.2. The number of amides is 2. The van der Waals surface area contributed by atoms with Crippen LogP contribution in [0.5, 0.6) is 0 Å². The molecule has 9 heteroatoms. The van der Waals surface area contributed by atoms with Gasteiger partial charge in [0.15, 0.2) is 5.82 Å². The number of thiocarbonyl (C=S) groups is 1. The minimum absolute atomic E-state index is 0.154. The summed E-state index contributed by atoms with van der Waals surface area (Å²) in [5, 5.41) is 8.17. The van der Waals surface area contributed by atoms with Gasteiger partial charge in [-0.05, 0) is 24.4 Å². The lowest BCUT2D eigenvalue weighted by molar-refractivity contribution is -0.126. The van der Waals surface area contributed by atoms with E-state index in [4.69, 9.17) is 16.7 Å². The third-order valence-corrected chi connectivity index (χ3v) is 5.08. The van der Waals surface area contributed by atoms with Gasteiger partial charge in [-0.15, -0.1) is 11.3 Å². The van der Waals surface area contributed by atoms with E-state index in [9.17, 15) is 9.59 Å². The molecule has 23 heavy (non-hydrogen) atoms. The lowest BCUT2D eigenvalue weighted by Gasteiger charge is -2.13. The SMILES string of the molecule is Cc1cc(NC(=O)CN2C(=O)/C(=C\c3cccs3)SC2=S)no1. The highest BCUT2D eigenvalue weighted by Crippen LogP contribution is 2.33. The molecule has 1 N–H and O–H groups in total. The molecule has 1 saturated heterocycles. The second-order valence-electron chi connectivity index (χ2n) is 4.65. The first kappa shape index (κ1) is 15.9. The summed E-state index contributed by atoms with van der Waals surface area (Å²) < 4.78 is 5.24. The van der Waals surface area contributed by atoms with E-state index in [1.54, 1.807) is 19.1 Å². The summed E-state index contributed by atoms with van der Waals surface area (Å²) in [5.41, 5.74) is 0. The summed E-state index contributed by atoms with van der Waals surface area (Å²) >= 11 is 7.92. The summed E-state index contributed by atoms with van der Waals surface area (Å²) in [6, 6.07) is 5.42. The van der Waals surface area contributed by atoms with Gasteiger partial charge in [-0.1, -0.05) is 35.2 Å². The van der Waals surface area contributed by atoms with Crippen molar-refractivity contribution < 1.29 is 14.1 Å². The number of aromatic nitrogens is 1. The molecular formula is C14H11N3O3S3. The number of rotatable bonds is 4. The predicted molar refractivity (Wildman–Crippen MR) is 94.1 cm³/mol. The molecule has 2 amide bonds. The maximum Gasteiger partial charge on any atom is 0.266 e. The second-order valence-corrected chi connectivity index (χ2v) is 7.31. The summed E-state index contributed by atoms with van der Waals surface area (Å²) in [5.74, 6) is 0.253. The van der Waals surface area contributed by atoms with Crippen LogP contribution >= 0.6 is 35.3 Å². The number of nitrogens with one attached hydrogen (secondary N) is 1. The second kappa shape index (κ2) is 6.65. The maximum absolute atomic E-state index is 12.4. The van der Waals surface area contributed by atoms with Gasteiger partial charge in [-0.2, -0.15) is 0 Å². The maximum atomic E-state index is 12.4. The average molecular weight is 365 g/mol. The fourth-order valence-electron chi connectivity index (χ4n) is 1.89. The highest BCUT2D eigenvalue weighted by molar-refractivity contribution is 8.26. The van der Waals surface area contributed by atoms with Crippen molar-refractivity contribution in [1.82, 2.24) is 10.1 Å². The number of nitrogens with zero attached hydrogens (tertiary/aromatic N) is 2. The van der Waals surface area contributed by atoms with E-state index in [2.05, 4.69) is 10.5 Å². The molecule has 0 bridgehead atoms. The fraction of sp³-hybridized carbons (Fsp3) is 0.143. The zero-order valence-electron chi connectivity index (χ0n) is 11.9. The van der Waals surface area contributed by atoms with Crippen LogP contribution < -0.4 is 5.32 Å². The molecule has 0 unspecified atom stereocenters. The first-order valence-electron chi connectivity index (χ1n) is 6.55. The summed E-state index contributed by atoms with van der Waals surface area (Å²) in [6.45, 7) is 1.57. The Morgan fingerprint density at radius 3 is 3.04 bits per heavy atom. The molecule has 0 spiro atoms. The monoisotopic (exact) mass is 365 g/mol. The zero-order chi connectivity index (χ0) is 16.4. The average Bonchev–Trinajstić information content (AvgIpc) is 3.19. The molecule has 1 aliphatic rings. The number of anilines is 1. The zero-order valence-corrected chi connectivity index (χ0v) is 14.4. The number of hydrogen-bond donors (Lipinski definition) is 1. The quantitative estimate of drug-likeness (QED) is 0.663. The Bertz CT molecular complexity index is 795. The van der Waals surface area contributed by atoms with E-state index < -0.39 is 0 Å². The molecule has 0 aliphatic carbocycles. The van der Waals surface area contributed by atoms with Gasteiger partial charge in [0.05, 0.1) is 4.91 Å². The van der Waals surface area contributed by atoms with Crippen molar-refractivity contribution in [3.8, 4) is 0 Å². The molecule has 0 aromatic carbocycles. The van der Waals surface area contributed by atoms with Gasteiger partial charge in [0, 0.05) is 10.9 Å². The normalized spacial score (nSPS) is 16.4. The molecule has 0 saturated carbocycles. The van der Waals surface area contributed by atoms with Crippen LogP contribution in [0.1, 0.15) is 10.6 Å². The van der Waals surface area contributed by atoms with Crippen LogP contribution in [0.2, 0.25) is 0 Å². The van der Waals surface area contributed by atoms with E-state index in [-0.39, 0.29) is 18.4 Å². The molecule has 2 aromatic heterocycles. The van der Waals surface area contributed by atoms with Crippen molar-refractivity contribution >= 4 is 63.3 Å². The van der Waals surface area contributed by atoms with Crippen molar-refractivity contribution in [1.29, 1.82) is 0 Å². The molecule has 0 atom stereocenters. The third kappa shape index (κ3) is 3.69. The fourth-order valence-corrected chi connectivity index (χ4v) is 3.87. The Morgan fingerprint density at radius 1 is 1.57 bits per heavy atom. The number of thioether (sulfide) groups is 1. The molecule has 6 nitrogen and oxygen atoms in total. The van der Waals surface area contributed by atoms with Crippen LogP contribution in [0.25, 0.3) is 6.08 Å². The van der Waals surface area contributed by atoms with E-state index in [1.807, 2.05) is 17.5 Å². The van der Waals surface area contributed by atoms with Crippen molar-refractivity contribution in [3.63, 3.8) is 0 Å². The van der Waals surface area contributed by atoms with Crippen molar-refractivity contribution in [2.24, 2.45) is 0 Å². The number of carbonyl (C=O) groups excluding carboxylic acids is 2. The molecule has 3 rings (SSSR count). The molecule has 1 aliphatic heterocycles. The Morgan fingerprint density at radius 2 is 2.39 bits per heavy atom. The Kier molecular flexibility index (Phi) is 4.60. The Hall–Kier alpha value is -1.97. The number of thiophene rings is 1. The number of carbonyl (C=O) groups is 2. The molecular weight excluding hydrogens is 354 g/mol. The van der Waals surface area contributed by atoms with Gasteiger partial charge >= 0.3 is 0 Å². The first-order valence-corrected chi connectivity index (χ1v) is 8.65. The molecule has 2 aromatic rings. The van der Waals surface area contributed by atoms with E-state index in [0.29, 0.717) is 20.8 Å².